The van der Waals surface area contributed by atoms with Gasteiger partial charge in [-0.25, -0.2) is 0 Å². The van der Waals surface area contributed by atoms with Gasteiger partial charge in [-0.2, -0.15) is 5.10 Å². The van der Waals surface area contributed by atoms with Crippen LogP contribution in [0, 0.1) is 0 Å². The molecule has 0 bridgehead atoms. The number of aryl methyl sites for hydroxylation is 1. The van der Waals surface area contributed by atoms with Crippen LogP contribution in [-0.4, -0.2) is 16.3 Å². The summed E-state index contributed by atoms with van der Waals surface area (Å²) in [7, 11) is 1.92. The molecule has 5 heteroatoms. The average Bonchev–Trinajstić information content (AvgIpc) is 2.74. The van der Waals surface area contributed by atoms with E-state index >= 15 is 0 Å². The lowest BCUT2D eigenvalue weighted by molar-refractivity contribution is 0.493. The van der Waals surface area contributed by atoms with E-state index in [4.69, 9.17) is 23.2 Å². The molecule has 0 spiro atoms. The van der Waals surface area contributed by atoms with E-state index in [1.165, 1.54) is 5.56 Å². The maximum atomic E-state index is 6.27. The zero-order valence-corrected chi connectivity index (χ0v) is 13.2. The van der Waals surface area contributed by atoms with E-state index in [0.717, 1.165) is 30.1 Å². The van der Waals surface area contributed by atoms with Gasteiger partial charge in [-0.1, -0.05) is 42.3 Å². The minimum atomic E-state index is 0.133. The van der Waals surface area contributed by atoms with Crippen molar-refractivity contribution >= 4 is 23.2 Å². The number of rotatable bonds is 6. The first-order chi connectivity index (χ1) is 9.61. The fraction of sp³-hybridized carbons (Fsp3) is 0.400. The van der Waals surface area contributed by atoms with Crippen LogP contribution in [0.3, 0.4) is 0 Å². The van der Waals surface area contributed by atoms with Crippen LogP contribution >= 0.6 is 23.2 Å². The van der Waals surface area contributed by atoms with Gasteiger partial charge in [0.2, 0.25) is 0 Å². The molecule has 0 aliphatic rings. The summed E-state index contributed by atoms with van der Waals surface area (Å²) in [6.45, 7) is 3.08. The van der Waals surface area contributed by atoms with Crippen LogP contribution < -0.4 is 5.32 Å². The third-order valence-electron chi connectivity index (χ3n) is 3.24. The molecule has 0 aliphatic heterocycles. The number of halogens is 2. The smallest absolute Gasteiger partial charge is 0.0834 e. The summed E-state index contributed by atoms with van der Waals surface area (Å²) in [5, 5.41) is 9.21. The third kappa shape index (κ3) is 3.75. The third-order valence-corrected chi connectivity index (χ3v) is 3.76. The molecule has 1 N–H and O–H groups in total. The Hall–Kier alpha value is -1.03. The summed E-state index contributed by atoms with van der Waals surface area (Å²) >= 11 is 12.3. The highest BCUT2D eigenvalue weighted by Gasteiger charge is 2.19. The Bertz CT molecular complexity index is 546. The van der Waals surface area contributed by atoms with Crippen LogP contribution in [-0.2, 0) is 13.5 Å². The summed E-state index contributed by atoms with van der Waals surface area (Å²) in [5.74, 6) is 0. The normalized spacial score (nSPS) is 12.6. The molecule has 1 atom stereocenters. The second-order valence-electron chi connectivity index (χ2n) is 4.84. The first-order valence-electron chi connectivity index (χ1n) is 6.77. The minimum Gasteiger partial charge on any atom is -0.308 e. The molecule has 1 unspecified atom stereocenters. The van der Waals surface area contributed by atoms with E-state index < -0.39 is 0 Å². The molecule has 1 heterocycles. The number of aromatic nitrogens is 2. The molecule has 2 aromatic rings. The lowest BCUT2D eigenvalue weighted by Gasteiger charge is -2.19. The molecular formula is C15H19Cl2N3. The van der Waals surface area contributed by atoms with Crippen molar-refractivity contribution in [3.63, 3.8) is 0 Å². The van der Waals surface area contributed by atoms with Crippen molar-refractivity contribution in [1.29, 1.82) is 0 Å². The lowest BCUT2D eigenvalue weighted by atomic mass is 10.0. The largest absolute Gasteiger partial charge is 0.308 e. The summed E-state index contributed by atoms with van der Waals surface area (Å²) < 4.78 is 1.83. The van der Waals surface area contributed by atoms with Gasteiger partial charge < -0.3 is 5.32 Å². The van der Waals surface area contributed by atoms with Gasteiger partial charge in [0.15, 0.2) is 0 Å². The molecule has 2 rings (SSSR count). The highest BCUT2D eigenvalue weighted by molar-refractivity contribution is 6.31. The number of benzene rings is 1. The fourth-order valence-electron chi connectivity index (χ4n) is 2.30. The van der Waals surface area contributed by atoms with Gasteiger partial charge in [-0.15, -0.1) is 0 Å². The second kappa shape index (κ2) is 7.11. The predicted octanol–water partition coefficient (Wildman–Crippen LogP) is 4.01. The molecule has 0 amide bonds. The Morgan fingerprint density at radius 2 is 2.15 bits per heavy atom. The lowest BCUT2D eigenvalue weighted by Crippen LogP contribution is -2.26. The maximum Gasteiger partial charge on any atom is 0.0834 e. The molecular weight excluding hydrogens is 293 g/mol. The molecule has 1 aromatic carbocycles. The topological polar surface area (TPSA) is 29.9 Å². The molecule has 0 fully saturated rings. The quantitative estimate of drug-likeness (QED) is 0.873. The molecule has 3 nitrogen and oxygen atoms in total. The van der Waals surface area contributed by atoms with Crippen LogP contribution in [0.5, 0.6) is 0 Å². The second-order valence-corrected chi connectivity index (χ2v) is 5.69. The molecule has 0 saturated carbocycles. The predicted molar refractivity (Wildman–Crippen MR) is 84.4 cm³/mol. The van der Waals surface area contributed by atoms with Gasteiger partial charge in [0.05, 0.1) is 23.0 Å². The van der Waals surface area contributed by atoms with Gasteiger partial charge in [-0.05, 0) is 37.1 Å². The van der Waals surface area contributed by atoms with Gasteiger partial charge >= 0.3 is 0 Å². The summed E-state index contributed by atoms with van der Waals surface area (Å²) in [4.78, 5) is 0. The average molecular weight is 312 g/mol. The van der Waals surface area contributed by atoms with Crippen molar-refractivity contribution in [1.82, 2.24) is 15.1 Å². The van der Waals surface area contributed by atoms with Crippen LogP contribution in [0.15, 0.2) is 30.5 Å². The van der Waals surface area contributed by atoms with Crippen LogP contribution in [0.1, 0.15) is 30.6 Å². The van der Waals surface area contributed by atoms with Crippen molar-refractivity contribution in [2.45, 2.75) is 25.8 Å². The maximum absolute atomic E-state index is 6.27. The number of nitrogens with one attached hydrogen (secondary N) is 1. The van der Waals surface area contributed by atoms with Crippen molar-refractivity contribution in [2.75, 3.05) is 6.54 Å². The first kappa shape index (κ1) is 15.4. The minimum absolute atomic E-state index is 0.133. The van der Waals surface area contributed by atoms with Crippen molar-refractivity contribution in [3.8, 4) is 0 Å². The van der Waals surface area contributed by atoms with E-state index in [1.807, 2.05) is 29.9 Å². The van der Waals surface area contributed by atoms with Gasteiger partial charge in [0.1, 0.15) is 0 Å². The van der Waals surface area contributed by atoms with E-state index in [-0.39, 0.29) is 6.04 Å². The number of hydrogen-bond donors (Lipinski definition) is 1. The summed E-state index contributed by atoms with van der Waals surface area (Å²) in [5.41, 5.74) is 2.20. The summed E-state index contributed by atoms with van der Waals surface area (Å²) in [6, 6.07) is 8.06. The molecule has 20 heavy (non-hydrogen) atoms. The highest BCUT2D eigenvalue weighted by Crippen LogP contribution is 2.26. The fourth-order valence-corrected chi connectivity index (χ4v) is 2.81. The van der Waals surface area contributed by atoms with Crippen molar-refractivity contribution in [2.24, 2.45) is 7.05 Å². The molecule has 108 valence electrons. The van der Waals surface area contributed by atoms with Crippen molar-refractivity contribution < 1.29 is 0 Å². The van der Waals surface area contributed by atoms with E-state index in [1.54, 1.807) is 6.20 Å². The Balaban J connectivity index is 2.24. The molecule has 0 radical (unpaired) electrons. The van der Waals surface area contributed by atoms with Crippen molar-refractivity contribution in [3.05, 3.63) is 51.8 Å². The molecule has 1 aromatic heterocycles. The Morgan fingerprint density at radius 3 is 2.75 bits per heavy atom. The monoisotopic (exact) mass is 311 g/mol. The Labute approximate surface area is 129 Å². The Kier molecular flexibility index (Phi) is 5.46. The number of hydrogen-bond acceptors (Lipinski definition) is 2. The summed E-state index contributed by atoms with van der Waals surface area (Å²) in [6.07, 6.45) is 3.59. The Morgan fingerprint density at radius 1 is 1.35 bits per heavy atom. The van der Waals surface area contributed by atoms with Gasteiger partial charge in [-0.3, -0.25) is 4.68 Å². The van der Waals surface area contributed by atoms with E-state index in [9.17, 15) is 0 Å². The van der Waals surface area contributed by atoms with Crippen LogP contribution in [0.4, 0.5) is 0 Å². The van der Waals surface area contributed by atoms with Crippen LogP contribution in [0.25, 0.3) is 0 Å². The SMILES string of the molecule is CCCNC(Cc1cccc(Cl)c1)c1c(Cl)cnn1C. The molecule has 0 saturated heterocycles. The van der Waals surface area contributed by atoms with Gasteiger partial charge in [0, 0.05) is 12.1 Å². The van der Waals surface area contributed by atoms with E-state index in [0.29, 0.717) is 5.02 Å². The first-order valence-corrected chi connectivity index (χ1v) is 7.52. The molecule has 0 aliphatic carbocycles. The van der Waals surface area contributed by atoms with Gasteiger partial charge in [0.25, 0.3) is 0 Å². The van der Waals surface area contributed by atoms with E-state index in [2.05, 4.69) is 23.4 Å². The number of nitrogens with zero attached hydrogens (tertiary/aromatic N) is 2. The highest BCUT2D eigenvalue weighted by atomic mass is 35.5. The standard InChI is InChI=1S/C15H19Cl2N3/c1-3-7-18-14(15-13(17)10-19-20(15)2)9-11-5-4-6-12(16)8-11/h4-6,8,10,14,18H,3,7,9H2,1-2H3. The zero-order valence-electron chi connectivity index (χ0n) is 11.7. The van der Waals surface area contributed by atoms with Crippen LogP contribution in [0.2, 0.25) is 10.0 Å². The zero-order chi connectivity index (χ0) is 14.5.